The molecular formula is C20H34O. The number of phenols is 1. The highest BCUT2D eigenvalue weighted by molar-refractivity contribution is 5.25. The lowest BCUT2D eigenvalue weighted by Crippen LogP contribution is -1.75. The van der Waals surface area contributed by atoms with Crippen molar-refractivity contribution in [1.82, 2.24) is 0 Å². The summed E-state index contributed by atoms with van der Waals surface area (Å²) in [4.78, 5) is 0. The van der Waals surface area contributed by atoms with Crippen molar-refractivity contribution in [1.29, 1.82) is 0 Å². The quantitative estimate of drug-likeness (QED) is 0.624. The van der Waals surface area contributed by atoms with E-state index < -0.39 is 0 Å². The maximum Gasteiger partial charge on any atom is 0.115 e. The number of phenolic OH excluding ortho intramolecular Hbond substituents is 1. The molecule has 0 atom stereocenters. The van der Waals surface area contributed by atoms with Crippen LogP contribution in [0.5, 0.6) is 5.75 Å². The van der Waals surface area contributed by atoms with Gasteiger partial charge < -0.3 is 5.11 Å². The maximum absolute atomic E-state index is 8.85. The Hall–Kier alpha value is -1.76. The van der Waals surface area contributed by atoms with Crippen molar-refractivity contribution >= 4 is 0 Å². The van der Waals surface area contributed by atoms with E-state index in [1.165, 1.54) is 11.1 Å². The van der Waals surface area contributed by atoms with Gasteiger partial charge in [-0.25, -0.2) is 0 Å². The van der Waals surface area contributed by atoms with Gasteiger partial charge in [-0.3, -0.25) is 0 Å². The van der Waals surface area contributed by atoms with E-state index in [4.69, 9.17) is 5.11 Å². The summed E-state index contributed by atoms with van der Waals surface area (Å²) in [6, 6.07) is 17.5. The van der Waals surface area contributed by atoms with Crippen LogP contribution in [-0.4, -0.2) is 5.11 Å². The second kappa shape index (κ2) is 18.2. The molecule has 21 heavy (non-hydrogen) atoms. The molecule has 0 heterocycles. The standard InChI is InChI=1S/C8H10O.C7H8.2C2H6.CH4/c1-2-7-3-5-8(9)6-4-7;1-7-5-3-2-4-6-7;2*1-2;/h3-6,9H,2H2,1H3;2-6H,1H3;2*1-2H3;1H4. The average molecular weight is 290 g/mol. The third-order valence-corrected chi connectivity index (χ3v) is 2.29. The fourth-order valence-electron chi connectivity index (χ4n) is 1.27. The Bertz CT molecular complexity index is 390. The Balaban J connectivity index is -0.000000244. The maximum atomic E-state index is 8.85. The minimum atomic E-state index is 0. The van der Waals surface area contributed by atoms with E-state index in [0.717, 1.165) is 6.42 Å². The van der Waals surface area contributed by atoms with Gasteiger partial charge in [0.15, 0.2) is 0 Å². The zero-order valence-corrected chi connectivity index (χ0v) is 13.9. The van der Waals surface area contributed by atoms with Gasteiger partial charge in [0.25, 0.3) is 0 Å². The third kappa shape index (κ3) is 14.5. The van der Waals surface area contributed by atoms with Gasteiger partial charge in [-0.1, -0.05) is 90.1 Å². The lowest BCUT2D eigenvalue weighted by Gasteiger charge is -1.93. The number of aromatic hydroxyl groups is 1. The van der Waals surface area contributed by atoms with Gasteiger partial charge >= 0.3 is 0 Å². The molecule has 0 unspecified atom stereocenters. The van der Waals surface area contributed by atoms with Crippen molar-refractivity contribution in [2.75, 3.05) is 0 Å². The first-order chi connectivity index (χ1) is 9.72. The zero-order valence-electron chi connectivity index (χ0n) is 13.9. The molecule has 0 bridgehead atoms. The molecule has 0 fully saturated rings. The summed E-state index contributed by atoms with van der Waals surface area (Å²) in [5.41, 5.74) is 2.58. The molecule has 0 saturated heterocycles. The van der Waals surface area contributed by atoms with E-state index in [2.05, 4.69) is 26.0 Å². The first-order valence-corrected chi connectivity index (χ1v) is 7.52. The summed E-state index contributed by atoms with van der Waals surface area (Å²) in [6.07, 6.45) is 1.03. The molecule has 1 nitrogen and oxygen atoms in total. The molecule has 0 aliphatic heterocycles. The van der Waals surface area contributed by atoms with Crippen LogP contribution < -0.4 is 0 Å². The van der Waals surface area contributed by atoms with Gasteiger partial charge in [0.1, 0.15) is 5.75 Å². The topological polar surface area (TPSA) is 20.2 Å². The van der Waals surface area contributed by atoms with Gasteiger partial charge in [0, 0.05) is 0 Å². The molecule has 0 saturated carbocycles. The van der Waals surface area contributed by atoms with Crippen LogP contribution in [0.25, 0.3) is 0 Å². The number of rotatable bonds is 1. The Morgan fingerprint density at radius 1 is 0.762 bits per heavy atom. The molecule has 120 valence electrons. The van der Waals surface area contributed by atoms with E-state index >= 15 is 0 Å². The highest BCUT2D eigenvalue weighted by atomic mass is 16.3. The smallest absolute Gasteiger partial charge is 0.115 e. The number of hydrogen-bond acceptors (Lipinski definition) is 1. The van der Waals surface area contributed by atoms with Crippen molar-refractivity contribution < 1.29 is 5.11 Å². The second-order valence-electron chi connectivity index (χ2n) is 3.67. The first-order valence-electron chi connectivity index (χ1n) is 7.52. The summed E-state index contributed by atoms with van der Waals surface area (Å²) < 4.78 is 0. The highest BCUT2D eigenvalue weighted by Gasteiger charge is 1.86. The molecule has 1 N–H and O–H groups in total. The van der Waals surface area contributed by atoms with Crippen molar-refractivity contribution in [2.24, 2.45) is 0 Å². The highest BCUT2D eigenvalue weighted by Crippen LogP contribution is 2.09. The molecule has 0 amide bonds. The van der Waals surface area contributed by atoms with Crippen molar-refractivity contribution in [2.45, 2.75) is 55.4 Å². The number of aryl methyl sites for hydroxylation is 2. The van der Waals surface area contributed by atoms with E-state index in [1.807, 2.05) is 58.0 Å². The minimum Gasteiger partial charge on any atom is -0.508 e. The normalized spacial score (nSPS) is 7.52. The molecule has 0 aliphatic carbocycles. The summed E-state index contributed by atoms with van der Waals surface area (Å²) in [5, 5.41) is 8.85. The van der Waals surface area contributed by atoms with Gasteiger partial charge in [0.05, 0.1) is 0 Å². The molecule has 0 radical (unpaired) electrons. The van der Waals surface area contributed by atoms with Crippen LogP contribution in [0.1, 0.15) is 53.2 Å². The largest absolute Gasteiger partial charge is 0.508 e. The van der Waals surface area contributed by atoms with Gasteiger partial charge in [0.2, 0.25) is 0 Å². The van der Waals surface area contributed by atoms with Crippen molar-refractivity contribution in [3.63, 3.8) is 0 Å². The van der Waals surface area contributed by atoms with Gasteiger partial charge in [-0.05, 0) is 31.0 Å². The lowest BCUT2D eigenvalue weighted by molar-refractivity contribution is 0.475. The predicted molar refractivity (Wildman–Crippen MR) is 98.1 cm³/mol. The fraction of sp³-hybridized carbons (Fsp3) is 0.400. The van der Waals surface area contributed by atoms with E-state index in [1.54, 1.807) is 12.1 Å². The predicted octanol–water partition coefficient (Wildman–Crippen LogP) is 6.64. The minimum absolute atomic E-state index is 0. The van der Waals surface area contributed by atoms with E-state index in [9.17, 15) is 0 Å². The molecular weight excluding hydrogens is 256 g/mol. The Morgan fingerprint density at radius 3 is 1.48 bits per heavy atom. The summed E-state index contributed by atoms with van der Waals surface area (Å²) in [6.45, 7) is 12.2. The second-order valence-corrected chi connectivity index (χ2v) is 3.67. The molecule has 1 heteroatoms. The van der Waals surface area contributed by atoms with Crippen LogP contribution in [-0.2, 0) is 6.42 Å². The summed E-state index contributed by atoms with van der Waals surface area (Å²) >= 11 is 0. The molecule has 0 aliphatic rings. The van der Waals surface area contributed by atoms with Crippen LogP contribution in [0, 0.1) is 6.92 Å². The van der Waals surface area contributed by atoms with Crippen LogP contribution in [0.3, 0.4) is 0 Å². The van der Waals surface area contributed by atoms with Crippen LogP contribution in [0.4, 0.5) is 0 Å². The number of hydrogen-bond donors (Lipinski definition) is 1. The van der Waals surface area contributed by atoms with Gasteiger partial charge in [-0.2, -0.15) is 0 Å². The SMILES string of the molecule is C.CC.CC.CCc1ccc(O)cc1.Cc1ccccc1. The monoisotopic (exact) mass is 290 g/mol. The van der Waals surface area contributed by atoms with Crippen LogP contribution >= 0.6 is 0 Å². The van der Waals surface area contributed by atoms with Crippen LogP contribution in [0.2, 0.25) is 0 Å². The lowest BCUT2D eigenvalue weighted by atomic mass is 10.2. The third-order valence-electron chi connectivity index (χ3n) is 2.29. The Morgan fingerprint density at radius 2 is 1.19 bits per heavy atom. The Kier molecular flexibility index (Phi) is 21.1. The molecule has 2 aromatic carbocycles. The number of benzene rings is 2. The summed E-state index contributed by atoms with van der Waals surface area (Å²) in [5.74, 6) is 0.340. The zero-order chi connectivity index (χ0) is 15.8. The Labute approximate surface area is 132 Å². The van der Waals surface area contributed by atoms with Crippen molar-refractivity contribution in [3.05, 3.63) is 65.7 Å². The summed E-state index contributed by atoms with van der Waals surface area (Å²) in [7, 11) is 0. The average Bonchev–Trinajstić information content (AvgIpc) is 2.53. The van der Waals surface area contributed by atoms with E-state index in [0.29, 0.717) is 5.75 Å². The molecule has 2 aromatic rings. The van der Waals surface area contributed by atoms with Crippen LogP contribution in [0.15, 0.2) is 54.6 Å². The van der Waals surface area contributed by atoms with E-state index in [-0.39, 0.29) is 7.43 Å². The van der Waals surface area contributed by atoms with Crippen molar-refractivity contribution in [3.8, 4) is 5.75 Å². The first kappa shape index (κ1) is 24.3. The fourth-order valence-corrected chi connectivity index (χ4v) is 1.27. The van der Waals surface area contributed by atoms with Gasteiger partial charge in [-0.15, -0.1) is 0 Å². The molecule has 0 spiro atoms. The molecule has 2 rings (SSSR count). The molecule has 0 aromatic heterocycles.